The van der Waals surface area contributed by atoms with E-state index >= 15 is 0 Å². The monoisotopic (exact) mass is 290 g/mol. The van der Waals surface area contributed by atoms with E-state index in [2.05, 4.69) is 0 Å². The smallest absolute Gasteiger partial charge is 0.0914 e. The molecule has 5 heteroatoms. The molecule has 5 nitrogen and oxygen atoms in total. The highest BCUT2D eigenvalue weighted by atomic mass is 16.6. The van der Waals surface area contributed by atoms with E-state index in [4.69, 9.17) is 23.7 Å². The van der Waals surface area contributed by atoms with Gasteiger partial charge in [-0.1, -0.05) is 0 Å². The summed E-state index contributed by atoms with van der Waals surface area (Å²) in [6, 6.07) is 0. The van der Waals surface area contributed by atoms with Gasteiger partial charge < -0.3 is 23.7 Å². The van der Waals surface area contributed by atoms with Gasteiger partial charge in [0.2, 0.25) is 0 Å². The average Bonchev–Trinajstić information content (AvgIpc) is 2.34. The van der Waals surface area contributed by atoms with Crippen LogP contribution in [0.5, 0.6) is 0 Å². The second-order valence-electron chi connectivity index (χ2n) is 6.10. The van der Waals surface area contributed by atoms with Crippen LogP contribution in [0.25, 0.3) is 0 Å². The topological polar surface area (TPSA) is 46.2 Å². The molecule has 1 fully saturated rings. The summed E-state index contributed by atoms with van der Waals surface area (Å²) in [7, 11) is 0. The summed E-state index contributed by atoms with van der Waals surface area (Å²) in [5.41, 5.74) is -0.812. The van der Waals surface area contributed by atoms with Crippen molar-refractivity contribution in [1.82, 2.24) is 0 Å². The zero-order valence-electron chi connectivity index (χ0n) is 13.6. The lowest BCUT2D eigenvalue weighted by atomic mass is 9.89. The molecule has 0 saturated carbocycles. The van der Waals surface area contributed by atoms with Crippen LogP contribution in [0, 0.1) is 0 Å². The van der Waals surface area contributed by atoms with Crippen LogP contribution in [0.3, 0.4) is 0 Å². The molecule has 0 N–H and O–H groups in total. The van der Waals surface area contributed by atoms with Crippen LogP contribution >= 0.6 is 0 Å². The molecule has 1 unspecified atom stereocenters. The molecule has 1 rings (SSSR count). The Labute approximate surface area is 122 Å². The van der Waals surface area contributed by atoms with Crippen molar-refractivity contribution in [2.45, 2.75) is 51.9 Å². The Bertz CT molecular complexity index is 265. The van der Waals surface area contributed by atoms with Crippen LogP contribution in [0.4, 0.5) is 0 Å². The average molecular weight is 290 g/mol. The first-order valence-electron chi connectivity index (χ1n) is 7.40. The predicted molar refractivity (Wildman–Crippen MR) is 77.1 cm³/mol. The van der Waals surface area contributed by atoms with Crippen LogP contribution in [-0.4, -0.2) is 63.6 Å². The fourth-order valence-corrected chi connectivity index (χ4v) is 1.90. The molecule has 1 heterocycles. The molecule has 0 aliphatic carbocycles. The van der Waals surface area contributed by atoms with Gasteiger partial charge in [-0.25, -0.2) is 0 Å². The molecule has 0 spiro atoms. The van der Waals surface area contributed by atoms with Crippen LogP contribution in [0.2, 0.25) is 0 Å². The van der Waals surface area contributed by atoms with Gasteiger partial charge in [0.15, 0.2) is 0 Å². The van der Waals surface area contributed by atoms with Gasteiger partial charge in [-0.05, 0) is 34.6 Å². The van der Waals surface area contributed by atoms with Crippen molar-refractivity contribution in [3.05, 3.63) is 0 Å². The molecule has 1 saturated heterocycles. The fraction of sp³-hybridized carbons (Fsp3) is 1.00. The van der Waals surface area contributed by atoms with E-state index in [0.717, 1.165) is 0 Å². The van der Waals surface area contributed by atoms with Gasteiger partial charge in [-0.2, -0.15) is 0 Å². The molecule has 0 amide bonds. The van der Waals surface area contributed by atoms with Crippen molar-refractivity contribution in [3.8, 4) is 0 Å². The largest absolute Gasteiger partial charge is 0.377 e. The van der Waals surface area contributed by atoms with Crippen LogP contribution in [-0.2, 0) is 23.7 Å². The van der Waals surface area contributed by atoms with Gasteiger partial charge in [0.05, 0.1) is 63.6 Å². The van der Waals surface area contributed by atoms with E-state index in [1.54, 1.807) is 0 Å². The lowest BCUT2D eigenvalue weighted by Gasteiger charge is -2.42. The maximum absolute atomic E-state index is 6.10. The third-order valence-corrected chi connectivity index (χ3v) is 3.73. The summed E-state index contributed by atoms with van der Waals surface area (Å²) in [4.78, 5) is 0. The highest BCUT2D eigenvalue weighted by Crippen LogP contribution is 2.30. The Balaban J connectivity index is 2.58. The quantitative estimate of drug-likeness (QED) is 0.683. The van der Waals surface area contributed by atoms with Gasteiger partial charge in [-0.15, -0.1) is 0 Å². The van der Waals surface area contributed by atoms with E-state index in [1.807, 2.05) is 34.6 Å². The third-order valence-electron chi connectivity index (χ3n) is 3.73. The summed E-state index contributed by atoms with van der Waals surface area (Å²) in [6.45, 7) is 14.2. The minimum atomic E-state index is -0.410. The fourth-order valence-electron chi connectivity index (χ4n) is 1.90. The van der Waals surface area contributed by atoms with Gasteiger partial charge in [0, 0.05) is 0 Å². The maximum atomic E-state index is 6.10. The van der Waals surface area contributed by atoms with E-state index in [-0.39, 0.29) is 6.10 Å². The Hall–Kier alpha value is -0.200. The molecule has 0 aromatic carbocycles. The van der Waals surface area contributed by atoms with Gasteiger partial charge in [-0.3, -0.25) is 0 Å². The zero-order valence-corrected chi connectivity index (χ0v) is 13.6. The van der Waals surface area contributed by atoms with Gasteiger partial charge in [0.1, 0.15) is 0 Å². The van der Waals surface area contributed by atoms with Gasteiger partial charge in [0.25, 0.3) is 0 Å². The van der Waals surface area contributed by atoms with Crippen LogP contribution in [0.1, 0.15) is 34.6 Å². The van der Waals surface area contributed by atoms with Crippen LogP contribution in [0.15, 0.2) is 0 Å². The van der Waals surface area contributed by atoms with Crippen molar-refractivity contribution in [2.75, 3.05) is 46.2 Å². The van der Waals surface area contributed by atoms with Crippen molar-refractivity contribution < 1.29 is 23.7 Å². The Morgan fingerprint density at radius 3 is 1.80 bits per heavy atom. The van der Waals surface area contributed by atoms with Crippen molar-refractivity contribution in [2.24, 2.45) is 0 Å². The van der Waals surface area contributed by atoms with Crippen molar-refractivity contribution in [1.29, 1.82) is 0 Å². The first kappa shape index (κ1) is 17.9. The normalized spacial score (nSPS) is 30.1. The number of hydrogen-bond acceptors (Lipinski definition) is 5. The van der Waals surface area contributed by atoms with Gasteiger partial charge >= 0.3 is 0 Å². The summed E-state index contributed by atoms with van der Waals surface area (Å²) in [5.74, 6) is 0. The van der Waals surface area contributed by atoms with E-state index in [1.165, 1.54) is 0 Å². The molecule has 120 valence electrons. The Morgan fingerprint density at radius 1 is 0.700 bits per heavy atom. The van der Waals surface area contributed by atoms with Crippen molar-refractivity contribution in [3.63, 3.8) is 0 Å². The molecule has 1 aliphatic rings. The lowest BCUT2D eigenvalue weighted by Crippen LogP contribution is -2.51. The Morgan fingerprint density at radius 2 is 1.20 bits per heavy atom. The molecular weight excluding hydrogens is 260 g/mol. The summed E-state index contributed by atoms with van der Waals surface area (Å²) in [5, 5.41) is 0. The molecule has 0 bridgehead atoms. The summed E-state index contributed by atoms with van der Waals surface area (Å²) in [6.07, 6.45) is 0.00857. The first-order valence-corrected chi connectivity index (χ1v) is 7.40. The molecular formula is C15H30O5. The van der Waals surface area contributed by atoms with Crippen LogP contribution < -0.4 is 0 Å². The minimum Gasteiger partial charge on any atom is -0.377 e. The molecule has 0 aromatic rings. The molecule has 0 aromatic heterocycles. The molecule has 20 heavy (non-hydrogen) atoms. The van der Waals surface area contributed by atoms with E-state index in [0.29, 0.717) is 46.2 Å². The molecule has 0 radical (unpaired) electrons. The maximum Gasteiger partial charge on any atom is 0.0914 e. The predicted octanol–water partition coefficient (Wildman–Crippen LogP) is 2.03. The standard InChI is InChI=1S/C15H30O5/c1-13-12-18-9-8-16-6-7-17-10-11-19-14(2,3)15(4,5)20-13/h13H,6-12H2,1-5H3. The summed E-state index contributed by atoms with van der Waals surface area (Å²) >= 11 is 0. The second kappa shape index (κ2) is 8.29. The van der Waals surface area contributed by atoms with E-state index in [9.17, 15) is 0 Å². The molecule has 1 atom stereocenters. The highest BCUT2D eigenvalue weighted by Gasteiger charge is 2.40. The SMILES string of the molecule is CC1COCCOCCOCCOC(C)(C)C(C)(C)O1. The first-order chi connectivity index (χ1) is 9.35. The lowest BCUT2D eigenvalue weighted by molar-refractivity contribution is -0.204. The third kappa shape index (κ3) is 6.06. The Kier molecular flexibility index (Phi) is 7.40. The zero-order chi connectivity index (χ0) is 15.1. The van der Waals surface area contributed by atoms with E-state index < -0.39 is 11.2 Å². The molecule has 1 aliphatic heterocycles. The highest BCUT2D eigenvalue weighted by molar-refractivity contribution is 4.90. The second-order valence-corrected chi connectivity index (χ2v) is 6.10. The minimum absolute atomic E-state index is 0.00857. The van der Waals surface area contributed by atoms with Crippen molar-refractivity contribution >= 4 is 0 Å². The number of hydrogen-bond donors (Lipinski definition) is 0. The summed E-state index contributed by atoms with van der Waals surface area (Å²) < 4.78 is 28.4. The number of rotatable bonds is 0. The number of ether oxygens (including phenoxy) is 5.